The molecule has 2 heterocycles. The predicted molar refractivity (Wildman–Crippen MR) is 110 cm³/mol. The SMILES string of the molecule is CC(C)(O)c1cc(Nc2nc(N3CCCC(N)C3)ncc2C(N)=O)cc(C(F)(F)F)c1. The summed E-state index contributed by atoms with van der Waals surface area (Å²) in [6, 6.07) is 3.06. The number of primary amides is 1. The van der Waals surface area contributed by atoms with Crippen LogP contribution in [0.25, 0.3) is 0 Å². The van der Waals surface area contributed by atoms with Gasteiger partial charge in [0.05, 0.1) is 11.2 Å². The van der Waals surface area contributed by atoms with Gasteiger partial charge in [-0.3, -0.25) is 4.79 Å². The third kappa shape index (κ3) is 5.42. The zero-order valence-corrected chi connectivity index (χ0v) is 17.2. The molecule has 2 aromatic rings. The van der Waals surface area contributed by atoms with Crippen LogP contribution in [0.2, 0.25) is 0 Å². The lowest BCUT2D eigenvalue weighted by atomic mass is 9.95. The second-order valence-corrected chi connectivity index (χ2v) is 8.13. The molecule has 1 saturated heterocycles. The van der Waals surface area contributed by atoms with Crippen molar-refractivity contribution in [3.63, 3.8) is 0 Å². The van der Waals surface area contributed by atoms with Crippen LogP contribution in [-0.4, -0.2) is 40.1 Å². The van der Waals surface area contributed by atoms with Crippen molar-refractivity contribution in [3.05, 3.63) is 41.1 Å². The summed E-state index contributed by atoms with van der Waals surface area (Å²) in [6.07, 6.45) is -1.69. The zero-order chi connectivity index (χ0) is 23.0. The van der Waals surface area contributed by atoms with Crippen LogP contribution in [0.1, 0.15) is 48.2 Å². The minimum absolute atomic E-state index is 0.00514. The largest absolute Gasteiger partial charge is 0.416 e. The van der Waals surface area contributed by atoms with Crippen molar-refractivity contribution in [2.24, 2.45) is 11.5 Å². The van der Waals surface area contributed by atoms with Crippen LogP contribution in [0.15, 0.2) is 24.4 Å². The number of hydrogen-bond acceptors (Lipinski definition) is 7. The number of benzene rings is 1. The summed E-state index contributed by atoms with van der Waals surface area (Å²) in [6.45, 7) is 3.93. The number of alkyl halides is 3. The van der Waals surface area contributed by atoms with Crippen molar-refractivity contribution in [1.29, 1.82) is 0 Å². The molecule has 31 heavy (non-hydrogen) atoms. The van der Waals surface area contributed by atoms with E-state index in [1.54, 1.807) is 0 Å². The smallest absolute Gasteiger partial charge is 0.386 e. The summed E-state index contributed by atoms with van der Waals surface area (Å²) in [5, 5.41) is 13.0. The number of aromatic nitrogens is 2. The summed E-state index contributed by atoms with van der Waals surface area (Å²) >= 11 is 0. The minimum atomic E-state index is -4.63. The van der Waals surface area contributed by atoms with E-state index in [1.807, 2.05) is 4.90 Å². The van der Waals surface area contributed by atoms with E-state index in [4.69, 9.17) is 11.5 Å². The maximum absolute atomic E-state index is 13.4. The molecule has 0 radical (unpaired) electrons. The fraction of sp³-hybridized carbons (Fsp3) is 0.450. The number of carbonyl (C=O) groups is 1. The van der Waals surface area contributed by atoms with Crippen molar-refractivity contribution in [1.82, 2.24) is 9.97 Å². The quantitative estimate of drug-likeness (QED) is 0.564. The lowest BCUT2D eigenvalue weighted by Gasteiger charge is -2.31. The Morgan fingerprint density at radius 1 is 1.26 bits per heavy atom. The van der Waals surface area contributed by atoms with Gasteiger partial charge in [0.2, 0.25) is 5.95 Å². The van der Waals surface area contributed by atoms with Crippen LogP contribution >= 0.6 is 0 Å². The van der Waals surface area contributed by atoms with E-state index >= 15 is 0 Å². The van der Waals surface area contributed by atoms with Gasteiger partial charge < -0.3 is 26.8 Å². The van der Waals surface area contributed by atoms with Crippen molar-refractivity contribution in [3.8, 4) is 0 Å². The minimum Gasteiger partial charge on any atom is -0.386 e. The first-order chi connectivity index (χ1) is 14.3. The summed E-state index contributed by atoms with van der Waals surface area (Å²) in [5.41, 5.74) is 8.89. The van der Waals surface area contributed by atoms with Crippen LogP contribution in [0.3, 0.4) is 0 Å². The number of amides is 1. The highest BCUT2D eigenvalue weighted by molar-refractivity contribution is 5.98. The third-order valence-electron chi connectivity index (χ3n) is 5.01. The number of nitrogens with two attached hydrogens (primary N) is 2. The number of carbonyl (C=O) groups excluding carboxylic acids is 1. The Morgan fingerprint density at radius 2 is 1.94 bits per heavy atom. The number of nitrogens with one attached hydrogen (secondary N) is 1. The number of hydrogen-bond donors (Lipinski definition) is 4. The van der Waals surface area contributed by atoms with Gasteiger partial charge in [-0.05, 0) is 50.5 Å². The number of halogens is 3. The normalized spacial score (nSPS) is 17.5. The predicted octanol–water partition coefficient (Wildman–Crippen LogP) is 2.49. The molecule has 0 spiro atoms. The fourth-order valence-electron chi connectivity index (χ4n) is 3.35. The summed E-state index contributed by atoms with van der Waals surface area (Å²) in [4.78, 5) is 22.2. The van der Waals surface area contributed by atoms with E-state index in [9.17, 15) is 23.1 Å². The van der Waals surface area contributed by atoms with Gasteiger partial charge in [-0.2, -0.15) is 18.2 Å². The van der Waals surface area contributed by atoms with Gasteiger partial charge in [0.15, 0.2) is 0 Å². The molecule has 1 atom stereocenters. The van der Waals surface area contributed by atoms with Crippen LogP contribution in [-0.2, 0) is 11.8 Å². The molecule has 8 nitrogen and oxygen atoms in total. The molecule has 3 rings (SSSR count). The van der Waals surface area contributed by atoms with E-state index < -0.39 is 23.2 Å². The molecule has 1 fully saturated rings. The second kappa shape index (κ2) is 8.31. The van der Waals surface area contributed by atoms with E-state index in [0.29, 0.717) is 13.1 Å². The van der Waals surface area contributed by atoms with Gasteiger partial charge in [0, 0.05) is 31.0 Å². The standard InChI is InChI=1S/C20H25F3N6O2/c1-19(2,31)11-6-12(20(21,22)23)8-14(7-11)27-17-15(16(25)30)9-26-18(28-17)29-5-3-4-13(24)10-29/h6-9,13,31H,3-5,10,24H2,1-2H3,(H2,25,30)(H,26,27,28). The summed E-state index contributed by atoms with van der Waals surface area (Å²) in [7, 11) is 0. The van der Waals surface area contributed by atoms with Crippen molar-refractivity contribution >= 4 is 23.4 Å². The Balaban J connectivity index is 2.04. The molecule has 11 heteroatoms. The van der Waals surface area contributed by atoms with E-state index in [1.165, 1.54) is 26.1 Å². The first-order valence-electron chi connectivity index (χ1n) is 9.74. The molecule has 0 aliphatic carbocycles. The highest BCUT2D eigenvalue weighted by Crippen LogP contribution is 2.35. The van der Waals surface area contributed by atoms with E-state index in [0.717, 1.165) is 25.0 Å². The molecule has 0 saturated carbocycles. The first-order valence-corrected chi connectivity index (χ1v) is 9.74. The van der Waals surface area contributed by atoms with Gasteiger partial charge >= 0.3 is 6.18 Å². The van der Waals surface area contributed by atoms with Crippen molar-refractivity contribution < 1.29 is 23.1 Å². The molecule has 0 bridgehead atoms. The summed E-state index contributed by atoms with van der Waals surface area (Å²) in [5.74, 6) is -0.575. The second-order valence-electron chi connectivity index (χ2n) is 8.13. The Morgan fingerprint density at radius 3 is 2.52 bits per heavy atom. The zero-order valence-electron chi connectivity index (χ0n) is 17.2. The Hall–Kier alpha value is -2.92. The molecule has 1 aromatic heterocycles. The average molecular weight is 438 g/mol. The van der Waals surface area contributed by atoms with Crippen LogP contribution in [0.4, 0.5) is 30.6 Å². The van der Waals surface area contributed by atoms with Crippen molar-refractivity contribution in [2.45, 2.75) is 44.5 Å². The maximum atomic E-state index is 13.4. The highest BCUT2D eigenvalue weighted by Gasteiger charge is 2.33. The fourth-order valence-corrected chi connectivity index (χ4v) is 3.35. The lowest BCUT2D eigenvalue weighted by Crippen LogP contribution is -2.43. The number of nitrogens with zero attached hydrogens (tertiary/aromatic N) is 3. The number of rotatable bonds is 5. The van der Waals surface area contributed by atoms with Crippen LogP contribution < -0.4 is 21.7 Å². The topological polar surface area (TPSA) is 130 Å². The molecular formula is C20H25F3N6O2. The average Bonchev–Trinajstić information content (AvgIpc) is 2.66. The van der Waals surface area contributed by atoms with Gasteiger partial charge in [-0.1, -0.05) is 0 Å². The monoisotopic (exact) mass is 438 g/mol. The van der Waals surface area contributed by atoms with Gasteiger partial charge in [0.25, 0.3) is 5.91 Å². The Bertz CT molecular complexity index is 942. The Kier molecular flexibility index (Phi) is 6.10. The number of anilines is 3. The van der Waals surface area contributed by atoms with Gasteiger partial charge in [-0.25, -0.2) is 4.98 Å². The molecule has 1 aromatic carbocycles. The van der Waals surface area contributed by atoms with Gasteiger partial charge in [0.1, 0.15) is 11.4 Å². The molecular weight excluding hydrogens is 413 g/mol. The van der Waals surface area contributed by atoms with Gasteiger partial charge in [-0.15, -0.1) is 0 Å². The molecule has 6 N–H and O–H groups in total. The molecule has 1 aliphatic heterocycles. The first kappa shape index (κ1) is 22.8. The molecule has 1 aliphatic rings. The summed E-state index contributed by atoms with van der Waals surface area (Å²) < 4.78 is 40.2. The number of aliphatic hydroxyl groups is 1. The van der Waals surface area contributed by atoms with Crippen LogP contribution in [0, 0.1) is 0 Å². The van der Waals surface area contributed by atoms with Crippen LogP contribution in [0.5, 0.6) is 0 Å². The molecule has 168 valence electrons. The number of piperidine rings is 1. The molecule has 1 unspecified atom stereocenters. The molecule has 1 amide bonds. The van der Waals surface area contributed by atoms with E-state index in [2.05, 4.69) is 15.3 Å². The third-order valence-corrected chi connectivity index (χ3v) is 5.01. The van der Waals surface area contributed by atoms with Crippen molar-refractivity contribution in [2.75, 3.05) is 23.3 Å². The maximum Gasteiger partial charge on any atom is 0.416 e. The van der Waals surface area contributed by atoms with E-state index in [-0.39, 0.29) is 34.6 Å². The Labute approximate surface area is 177 Å². The lowest BCUT2D eigenvalue weighted by molar-refractivity contribution is -0.137. The highest BCUT2D eigenvalue weighted by atomic mass is 19.4.